The van der Waals surface area contributed by atoms with E-state index in [1.165, 1.54) is 0 Å². The van der Waals surface area contributed by atoms with Gasteiger partial charge in [-0.05, 0) is 34.5 Å². The Bertz CT molecular complexity index is 637. The Morgan fingerprint density at radius 2 is 2.32 bits per heavy atom. The van der Waals surface area contributed by atoms with E-state index in [9.17, 15) is 0 Å². The van der Waals surface area contributed by atoms with Gasteiger partial charge in [0.15, 0.2) is 5.82 Å². The van der Waals surface area contributed by atoms with E-state index >= 15 is 0 Å². The molecule has 4 nitrogen and oxygen atoms in total. The van der Waals surface area contributed by atoms with Crippen LogP contribution in [0.1, 0.15) is 24.1 Å². The van der Waals surface area contributed by atoms with Gasteiger partial charge in [0.25, 0.3) is 0 Å². The molecule has 1 aromatic heterocycles. The smallest absolute Gasteiger partial charge is 0.231 e. The van der Waals surface area contributed by atoms with Crippen molar-refractivity contribution in [1.29, 1.82) is 5.26 Å². The maximum Gasteiger partial charge on any atom is 0.231 e. The zero-order valence-electron chi connectivity index (χ0n) is 9.91. The SMILES string of the molecule is N#CC1CC1c1nc(CSc2ccccc2Br)no1. The Labute approximate surface area is 123 Å². The molecule has 2 atom stereocenters. The maximum atomic E-state index is 8.78. The highest BCUT2D eigenvalue weighted by atomic mass is 79.9. The van der Waals surface area contributed by atoms with Crippen molar-refractivity contribution in [3.05, 3.63) is 40.5 Å². The summed E-state index contributed by atoms with van der Waals surface area (Å²) >= 11 is 5.16. The third kappa shape index (κ3) is 2.82. The van der Waals surface area contributed by atoms with Crippen LogP contribution in [0.25, 0.3) is 0 Å². The standard InChI is InChI=1S/C13H10BrN3OS/c14-10-3-1-2-4-11(10)19-7-12-16-13(18-17-12)9-5-8(9)6-15/h1-4,8-9H,5,7H2. The van der Waals surface area contributed by atoms with Gasteiger partial charge in [-0.25, -0.2) is 0 Å². The van der Waals surface area contributed by atoms with Crippen LogP contribution in [0, 0.1) is 17.2 Å². The van der Waals surface area contributed by atoms with Gasteiger partial charge in [-0.3, -0.25) is 0 Å². The summed E-state index contributed by atoms with van der Waals surface area (Å²) in [5.74, 6) is 2.16. The van der Waals surface area contributed by atoms with Gasteiger partial charge in [-0.15, -0.1) is 11.8 Å². The Hall–Kier alpha value is -1.32. The van der Waals surface area contributed by atoms with Crippen molar-refractivity contribution in [3.8, 4) is 6.07 Å². The Balaban J connectivity index is 1.62. The van der Waals surface area contributed by atoms with Crippen molar-refractivity contribution >= 4 is 27.7 Å². The molecule has 19 heavy (non-hydrogen) atoms. The summed E-state index contributed by atoms with van der Waals surface area (Å²) in [5, 5.41) is 12.7. The lowest BCUT2D eigenvalue weighted by molar-refractivity contribution is 0.373. The second-order valence-corrected chi connectivity index (χ2v) is 6.22. The lowest BCUT2D eigenvalue weighted by Gasteiger charge is -2.00. The van der Waals surface area contributed by atoms with E-state index in [0.29, 0.717) is 17.5 Å². The van der Waals surface area contributed by atoms with Gasteiger partial charge in [0.05, 0.1) is 23.7 Å². The summed E-state index contributed by atoms with van der Waals surface area (Å²) in [6.07, 6.45) is 0.843. The molecule has 0 radical (unpaired) electrons. The molecule has 2 aromatic rings. The number of nitrogens with zero attached hydrogens (tertiary/aromatic N) is 3. The highest BCUT2D eigenvalue weighted by molar-refractivity contribution is 9.10. The average Bonchev–Trinajstić information content (AvgIpc) is 3.08. The fourth-order valence-electron chi connectivity index (χ4n) is 1.79. The summed E-state index contributed by atoms with van der Waals surface area (Å²) in [4.78, 5) is 5.50. The molecule has 0 bridgehead atoms. The molecular weight excluding hydrogens is 326 g/mol. The van der Waals surface area contributed by atoms with Crippen LogP contribution >= 0.6 is 27.7 Å². The van der Waals surface area contributed by atoms with Crippen LogP contribution in [0.2, 0.25) is 0 Å². The summed E-state index contributed by atoms with van der Waals surface area (Å²) in [6.45, 7) is 0. The number of benzene rings is 1. The number of thioether (sulfide) groups is 1. The molecule has 6 heteroatoms. The summed E-state index contributed by atoms with van der Waals surface area (Å²) in [5.41, 5.74) is 0. The normalized spacial score (nSPS) is 21.1. The first-order valence-corrected chi connectivity index (χ1v) is 7.65. The van der Waals surface area contributed by atoms with Gasteiger partial charge in [0.1, 0.15) is 0 Å². The molecule has 1 aliphatic rings. The van der Waals surface area contributed by atoms with Crippen molar-refractivity contribution in [2.75, 3.05) is 0 Å². The quantitative estimate of drug-likeness (QED) is 0.796. The number of hydrogen-bond acceptors (Lipinski definition) is 5. The zero-order chi connectivity index (χ0) is 13.2. The lowest BCUT2D eigenvalue weighted by atomic mass is 10.3. The molecule has 1 heterocycles. The lowest BCUT2D eigenvalue weighted by Crippen LogP contribution is -1.86. The van der Waals surface area contributed by atoms with Crippen LogP contribution in [0.4, 0.5) is 0 Å². The number of aromatic nitrogens is 2. The van der Waals surface area contributed by atoms with Crippen LogP contribution in [-0.4, -0.2) is 10.1 Å². The average molecular weight is 336 g/mol. The fourth-order valence-corrected chi connectivity index (χ4v) is 3.20. The van der Waals surface area contributed by atoms with E-state index in [4.69, 9.17) is 9.78 Å². The Kier molecular flexibility index (Phi) is 3.58. The van der Waals surface area contributed by atoms with Gasteiger partial charge in [0.2, 0.25) is 5.89 Å². The third-order valence-corrected chi connectivity index (χ3v) is 4.97. The summed E-state index contributed by atoms with van der Waals surface area (Å²) < 4.78 is 6.27. The maximum absolute atomic E-state index is 8.78. The van der Waals surface area contributed by atoms with Gasteiger partial charge in [0, 0.05) is 9.37 Å². The van der Waals surface area contributed by atoms with E-state index in [0.717, 1.165) is 15.8 Å². The largest absolute Gasteiger partial charge is 0.339 e. The summed E-state index contributed by atoms with van der Waals surface area (Å²) in [6, 6.07) is 10.3. The van der Waals surface area contributed by atoms with Crippen LogP contribution in [0.15, 0.2) is 38.2 Å². The van der Waals surface area contributed by atoms with Crippen molar-refractivity contribution in [3.63, 3.8) is 0 Å². The molecule has 96 valence electrons. The monoisotopic (exact) mass is 335 g/mol. The van der Waals surface area contributed by atoms with Crippen molar-refractivity contribution in [2.24, 2.45) is 5.92 Å². The topological polar surface area (TPSA) is 62.7 Å². The van der Waals surface area contributed by atoms with Gasteiger partial charge >= 0.3 is 0 Å². The van der Waals surface area contributed by atoms with E-state index < -0.39 is 0 Å². The molecule has 3 rings (SSSR count). The molecule has 0 aliphatic heterocycles. The van der Waals surface area contributed by atoms with Crippen LogP contribution in [-0.2, 0) is 5.75 Å². The molecule has 1 aromatic carbocycles. The van der Waals surface area contributed by atoms with Crippen LogP contribution in [0.5, 0.6) is 0 Å². The highest BCUT2D eigenvalue weighted by Gasteiger charge is 2.43. The van der Waals surface area contributed by atoms with Crippen molar-refractivity contribution < 1.29 is 4.52 Å². The van der Waals surface area contributed by atoms with Crippen LogP contribution < -0.4 is 0 Å². The van der Waals surface area contributed by atoms with E-state index in [1.54, 1.807) is 11.8 Å². The minimum absolute atomic E-state index is 0.0595. The first-order chi connectivity index (χ1) is 9.28. The molecule has 2 unspecified atom stereocenters. The summed E-state index contributed by atoms with van der Waals surface area (Å²) in [7, 11) is 0. The molecule has 1 fully saturated rings. The number of halogens is 1. The minimum atomic E-state index is 0.0595. The number of rotatable bonds is 4. The molecule has 0 spiro atoms. The van der Waals surface area contributed by atoms with Gasteiger partial charge < -0.3 is 4.52 Å². The fraction of sp³-hybridized carbons (Fsp3) is 0.308. The Morgan fingerprint density at radius 3 is 3.05 bits per heavy atom. The molecule has 0 amide bonds. The molecule has 1 aliphatic carbocycles. The predicted molar refractivity (Wildman–Crippen MR) is 74.5 cm³/mol. The number of hydrogen-bond donors (Lipinski definition) is 0. The molecule has 0 N–H and O–H groups in total. The minimum Gasteiger partial charge on any atom is -0.339 e. The van der Waals surface area contributed by atoms with E-state index in [1.807, 2.05) is 24.3 Å². The first kappa shape index (κ1) is 12.7. The predicted octanol–water partition coefficient (Wildman–Crippen LogP) is 3.75. The molecule has 1 saturated carbocycles. The van der Waals surface area contributed by atoms with Crippen molar-refractivity contribution in [2.45, 2.75) is 23.0 Å². The van der Waals surface area contributed by atoms with E-state index in [-0.39, 0.29) is 11.8 Å². The van der Waals surface area contributed by atoms with Crippen molar-refractivity contribution in [1.82, 2.24) is 10.1 Å². The van der Waals surface area contributed by atoms with E-state index in [2.05, 4.69) is 32.1 Å². The second-order valence-electron chi connectivity index (χ2n) is 4.35. The van der Waals surface area contributed by atoms with Gasteiger partial charge in [-0.1, -0.05) is 17.3 Å². The second kappa shape index (κ2) is 5.35. The molecular formula is C13H10BrN3OS. The molecule has 0 saturated heterocycles. The Morgan fingerprint density at radius 1 is 1.47 bits per heavy atom. The third-order valence-electron chi connectivity index (χ3n) is 2.95. The van der Waals surface area contributed by atoms with Crippen LogP contribution in [0.3, 0.4) is 0 Å². The zero-order valence-corrected chi connectivity index (χ0v) is 12.3. The van der Waals surface area contributed by atoms with Gasteiger partial charge in [-0.2, -0.15) is 10.2 Å². The highest BCUT2D eigenvalue weighted by Crippen LogP contribution is 2.46. The number of nitriles is 1. The first-order valence-electron chi connectivity index (χ1n) is 5.87.